The van der Waals surface area contributed by atoms with Gasteiger partial charge in [-0.05, 0) is 78.8 Å². The highest BCUT2D eigenvalue weighted by atomic mass is 32.2. The van der Waals surface area contributed by atoms with Gasteiger partial charge in [0.05, 0.1) is 42.0 Å². The first-order chi connectivity index (χ1) is 21.4. The quantitative estimate of drug-likeness (QED) is 0.174. The molecule has 0 unspecified atom stereocenters. The number of ether oxygens (including phenoxy) is 2. The predicted octanol–water partition coefficient (Wildman–Crippen LogP) is 4.76. The maximum absolute atomic E-state index is 12.7. The van der Waals surface area contributed by atoms with Crippen LogP contribution in [0, 0.1) is 10.1 Å². The van der Waals surface area contributed by atoms with Gasteiger partial charge < -0.3 is 24.6 Å². The van der Waals surface area contributed by atoms with Crippen LogP contribution in [0.15, 0.2) is 66.7 Å². The molecule has 3 aromatic rings. The van der Waals surface area contributed by atoms with Crippen LogP contribution in [0.25, 0.3) is 11.1 Å². The number of carbonyl (C=O) groups excluding carboxylic acids is 1. The number of carbonyl (C=O) groups is 2. The molecule has 0 aromatic heterocycles. The van der Waals surface area contributed by atoms with E-state index in [0.717, 1.165) is 54.4 Å². The third kappa shape index (κ3) is 9.65. The molecule has 14 heteroatoms. The molecule has 4 rings (SSSR count). The van der Waals surface area contributed by atoms with Crippen LogP contribution in [-0.4, -0.2) is 72.5 Å². The SMILES string of the molecule is CS(=O)(=O)NC(=O)c1ccc(-c2ccc(OCCN(C[C@H](O)c3ccc([N+](=O)[O-])cc3)C(=O)O)cc2)cc1OC1CCCCC1. The zero-order valence-electron chi connectivity index (χ0n) is 24.6. The van der Waals surface area contributed by atoms with Crippen LogP contribution in [0.1, 0.15) is 54.1 Å². The molecule has 1 aliphatic rings. The average Bonchev–Trinajstić information content (AvgIpc) is 3.00. The highest BCUT2D eigenvalue weighted by Gasteiger charge is 2.22. The number of aliphatic hydroxyl groups is 1. The Balaban J connectivity index is 1.40. The van der Waals surface area contributed by atoms with Crippen LogP contribution in [0.4, 0.5) is 10.5 Å². The summed E-state index contributed by atoms with van der Waals surface area (Å²) < 4.78 is 37.3. The third-order valence-corrected chi connectivity index (χ3v) is 7.88. The normalized spacial score (nSPS) is 14.3. The van der Waals surface area contributed by atoms with Crippen molar-refractivity contribution in [3.8, 4) is 22.6 Å². The van der Waals surface area contributed by atoms with Crippen molar-refractivity contribution in [3.05, 3.63) is 88.0 Å². The molecule has 0 heterocycles. The minimum absolute atomic E-state index is 0.00213. The Bertz CT molecular complexity index is 1610. The molecule has 0 saturated heterocycles. The molecular weight excluding hydrogens is 606 g/mol. The summed E-state index contributed by atoms with van der Waals surface area (Å²) in [6.45, 7) is -0.291. The number of hydrogen-bond donors (Lipinski definition) is 3. The van der Waals surface area contributed by atoms with E-state index in [0.29, 0.717) is 17.1 Å². The molecule has 240 valence electrons. The average molecular weight is 642 g/mol. The lowest BCUT2D eigenvalue weighted by Crippen LogP contribution is -2.36. The Morgan fingerprint density at radius 3 is 2.27 bits per heavy atom. The maximum atomic E-state index is 12.7. The lowest BCUT2D eigenvalue weighted by molar-refractivity contribution is -0.384. The summed E-state index contributed by atoms with van der Waals surface area (Å²) in [6.07, 6.45) is 3.24. The molecule has 0 aliphatic heterocycles. The fourth-order valence-corrected chi connectivity index (χ4v) is 5.43. The number of aliphatic hydroxyl groups excluding tert-OH is 1. The molecule has 3 aromatic carbocycles. The summed E-state index contributed by atoms with van der Waals surface area (Å²) in [4.78, 5) is 35.7. The van der Waals surface area contributed by atoms with E-state index < -0.39 is 33.1 Å². The number of nitro groups is 1. The van der Waals surface area contributed by atoms with Gasteiger partial charge in [-0.1, -0.05) is 24.6 Å². The van der Waals surface area contributed by atoms with E-state index in [9.17, 15) is 38.3 Å². The molecule has 2 amide bonds. The minimum Gasteiger partial charge on any atom is -0.492 e. The molecular formula is C31H35N3O10S. The molecule has 1 fully saturated rings. The summed E-state index contributed by atoms with van der Waals surface area (Å²) >= 11 is 0. The highest BCUT2D eigenvalue weighted by molar-refractivity contribution is 7.89. The van der Waals surface area contributed by atoms with Gasteiger partial charge in [-0.2, -0.15) is 0 Å². The maximum Gasteiger partial charge on any atom is 0.407 e. The van der Waals surface area contributed by atoms with Gasteiger partial charge in [0.1, 0.15) is 18.1 Å². The van der Waals surface area contributed by atoms with E-state index >= 15 is 0 Å². The number of amides is 2. The van der Waals surface area contributed by atoms with Gasteiger partial charge in [0.15, 0.2) is 0 Å². The summed E-state index contributed by atoms with van der Waals surface area (Å²) in [5.74, 6) is 0.00246. The second-order valence-corrected chi connectivity index (χ2v) is 12.5. The van der Waals surface area contributed by atoms with Gasteiger partial charge in [0, 0.05) is 12.1 Å². The largest absolute Gasteiger partial charge is 0.492 e. The lowest BCUT2D eigenvalue weighted by Gasteiger charge is -2.24. The van der Waals surface area contributed by atoms with Crippen molar-refractivity contribution in [3.63, 3.8) is 0 Å². The fraction of sp³-hybridized carbons (Fsp3) is 0.355. The number of benzene rings is 3. The Hall–Kier alpha value is -4.69. The Kier molecular flexibility index (Phi) is 11.0. The smallest absolute Gasteiger partial charge is 0.407 e. The number of nitro benzene ring substituents is 1. The molecule has 1 aliphatic carbocycles. The molecule has 1 atom stereocenters. The van der Waals surface area contributed by atoms with Crippen LogP contribution in [-0.2, 0) is 10.0 Å². The van der Waals surface area contributed by atoms with Crippen LogP contribution in [0.3, 0.4) is 0 Å². The second-order valence-electron chi connectivity index (χ2n) is 10.8. The first-order valence-electron chi connectivity index (χ1n) is 14.4. The number of non-ortho nitro benzene ring substituents is 1. The third-order valence-electron chi connectivity index (χ3n) is 7.32. The predicted molar refractivity (Wildman–Crippen MR) is 165 cm³/mol. The zero-order chi connectivity index (χ0) is 32.6. The summed E-state index contributed by atoms with van der Waals surface area (Å²) in [6, 6.07) is 17.2. The Labute approximate surface area is 260 Å². The number of rotatable bonds is 13. The van der Waals surface area contributed by atoms with Crippen molar-refractivity contribution in [1.29, 1.82) is 0 Å². The fourth-order valence-electron chi connectivity index (χ4n) is 4.99. The Morgan fingerprint density at radius 2 is 1.67 bits per heavy atom. The Morgan fingerprint density at radius 1 is 1.02 bits per heavy atom. The van der Waals surface area contributed by atoms with Gasteiger partial charge in [-0.15, -0.1) is 0 Å². The van der Waals surface area contributed by atoms with Crippen LogP contribution in [0.5, 0.6) is 11.5 Å². The van der Waals surface area contributed by atoms with Crippen LogP contribution < -0.4 is 14.2 Å². The lowest BCUT2D eigenvalue weighted by atomic mass is 9.97. The van der Waals surface area contributed by atoms with E-state index in [1.54, 1.807) is 36.4 Å². The van der Waals surface area contributed by atoms with Crippen molar-refractivity contribution < 1.29 is 42.6 Å². The molecule has 45 heavy (non-hydrogen) atoms. The first kappa shape index (κ1) is 33.2. The zero-order valence-corrected chi connectivity index (χ0v) is 25.4. The molecule has 13 nitrogen and oxygen atoms in total. The number of hydrogen-bond acceptors (Lipinski definition) is 9. The topological polar surface area (TPSA) is 186 Å². The number of carboxylic acid groups (broad SMARTS) is 1. The van der Waals surface area contributed by atoms with E-state index in [-0.39, 0.29) is 37.1 Å². The van der Waals surface area contributed by atoms with Crippen LogP contribution in [0.2, 0.25) is 0 Å². The van der Waals surface area contributed by atoms with Crippen molar-refractivity contribution in [2.45, 2.75) is 44.3 Å². The molecule has 0 bridgehead atoms. The van der Waals surface area contributed by atoms with Gasteiger partial charge in [0.2, 0.25) is 10.0 Å². The highest BCUT2D eigenvalue weighted by Crippen LogP contribution is 2.32. The standard InChI is InChI=1S/C31H35N3O10S/c1-45(41,42)32-30(36)27-16-11-23(19-29(27)44-26-5-3-2-4-6-26)21-9-14-25(15-10-21)43-18-17-33(31(37)38)20-28(35)22-7-12-24(13-8-22)34(39)40/h7-16,19,26,28,35H,2-6,17-18,20H2,1H3,(H,32,36)(H,37,38)/t28-/m0/s1. The minimum atomic E-state index is -3.77. The van der Waals surface area contributed by atoms with E-state index in [4.69, 9.17) is 9.47 Å². The van der Waals surface area contributed by atoms with Crippen LogP contribution >= 0.6 is 0 Å². The summed E-state index contributed by atoms with van der Waals surface area (Å²) in [7, 11) is -3.77. The van der Waals surface area contributed by atoms with Gasteiger partial charge >= 0.3 is 6.09 Å². The molecule has 1 saturated carbocycles. The second kappa shape index (κ2) is 14.9. The number of nitrogens with zero attached hydrogens (tertiary/aromatic N) is 2. The van der Waals surface area contributed by atoms with Gasteiger partial charge in [-0.3, -0.25) is 14.9 Å². The molecule has 0 radical (unpaired) electrons. The first-order valence-corrected chi connectivity index (χ1v) is 16.2. The van der Waals surface area contributed by atoms with Crippen molar-refractivity contribution in [2.75, 3.05) is 26.0 Å². The number of nitrogens with one attached hydrogen (secondary N) is 1. The van der Waals surface area contributed by atoms with E-state index in [2.05, 4.69) is 0 Å². The van der Waals surface area contributed by atoms with Crippen molar-refractivity contribution >= 4 is 27.7 Å². The molecule has 0 spiro atoms. The van der Waals surface area contributed by atoms with Crippen molar-refractivity contribution in [1.82, 2.24) is 9.62 Å². The summed E-state index contributed by atoms with van der Waals surface area (Å²) in [5.41, 5.74) is 1.85. The van der Waals surface area contributed by atoms with E-state index in [1.165, 1.54) is 30.3 Å². The van der Waals surface area contributed by atoms with Gasteiger partial charge in [0.25, 0.3) is 11.6 Å². The number of sulfonamides is 1. The van der Waals surface area contributed by atoms with Crippen molar-refractivity contribution in [2.24, 2.45) is 0 Å². The molecule has 3 N–H and O–H groups in total. The monoisotopic (exact) mass is 641 g/mol. The van der Waals surface area contributed by atoms with E-state index in [1.807, 2.05) is 4.72 Å². The van der Waals surface area contributed by atoms with Gasteiger partial charge in [-0.25, -0.2) is 17.9 Å². The summed E-state index contributed by atoms with van der Waals surface area (Å²) in [5, 5.41) is 30.9.